The lowest BCUT2D eigenvalue weighted by molar-refractivity contribution is 0.475. The van der Waals surface area contributed by atoms with Gasteiger partial charge in [-0.1, -0.05) is 52.3 Å². The smallest absolute Gasteiger partial charge is 0.115 e. The Labute approximate surface area is 105 Å². The number of aromatic hydroxyl groups is 1. The Kier molecular flexibility index (Phi) is 5.06. The van der Waals surface area contributed by atoms with Gasteiger partial charge in [-0.05, 0) is 37.1 Å². The van der Waals surface area contributed by atoms with E-state index < -0.39 is 0 Å². The summed E-state index contributed by atoms with van der Waals surface area (Å²) in [5.41, 5.74) is 2.60. The van der Waals surface area contributed by atoms with E-state index in [4.69, 9.17) is 5.11 Å². The molecule has 0 aliphatic heterocycles. The highest BCUT2D eigenvalue weighted by Gasteiger charge is 1.93. The molecular weight excluding hydrogens is 264 g/mol. The van der Waals surface area contributed by atoms with Crippen LogP contribution in [0.3, 0.4) is 0 Å². The number of para-hydroxylation sites is 1. The molecule has 16 heavy (non-hydrogen) atoms. The minimum Gasteiger partial charge on any atom is -0.508 e. The van der Waals surface area contributed by atoms with Gasteiger partial charge >= 0.3 is 0 Å². The van der Waals surface area contributed by atoms with Crippen molar-refractivity contribution in [3.8, 4) is 5.75 Å². The number of phenolic OH excluding ortho intramolecular Hbond substituents is 1. The first-order chi connectivity index (χ1) is 7.61. The van der Waals surface area contributed by atoms with Crippen LogP contribution >= 0.6 is 15.9 Å². The van der Waals surface area contributed by atoms with Crippen LogP contribution in [-0.2, 0) is 0 Å². The van der Waals surface area contributed by atoms with Crippen molar-refractivity contribution in [3.63, 3.8) is 0 Å². The summed E-state index contributed by atoms with van der Waals surface area (Å²) in [5.74, 6) is 0.322. The third-order valence-corrected chi connectivity index (χ3v) is 3.39. The summed E-state index contributed by atoms with van der Waals surface area (Å²) in [5, 5.41) is 8.63. The second kappa shape index (κ2) is 6.33. The number of hydrogen-bond acceptors (Lipinski definition) is 1. The Balaban J connectivity index is 0.000000165. The van der Waals surface area contributed by atoms with Crippen LogP contribution in [0.15, 0.2) is 53.0 Å². The Hall–Kier alpha value is -1.28. The molecular formula is C14H15BrO. The van der Waals surface area contributed by atoms with Crippen LogP contribution in [-0.4, -0.2) is 5.11 Å². The fraction of sp³-hybridized carbons (Fsp3) is 0.143. The molecule has 0 saturated carbocycles. The minimum absolute atomic E-state index is 0.322. The Morgan fingerprint density at radius 3 is 1.62 bits per heavy atom. The third-order valence-electron chi connectivity index (χ3n) is 2.14. The predicted octanol–water partition coefficient (Wildman–Crippen LogP) is 4.46. The monoisotopic (exact) mass is 278 g/mol. The zero-order valence-electron chi connectivity index (χ0n) is 9.44. The van der Waals surface area contributed by atoms with Crippen LogP contribution in [0.5, 0.6) is 5.75 Å². The second-order valence-corrected chi connectivity index (χ2v) is 4.33. The fourth-order valence-corrected chi connectivity index (χ4v) is 1.49. The number of benzene rings is 2. The zero-order valence-corrected chi connectivity index (χ0v) is 11.0. The van der Waals surface area contributed by atoms with Crippen molar-refractivity contribution >= 4 is 15.9 Å². The summed E-state index contributed by atoms with van der Waals surface area (Å²) in [6.45, 7) is 4.19. The maximum atomic E-state index is 8.63. The maximum absolute atomic E-state index is 8.63. The molecule has 2 heteroatoms. The van der Waals surface area contributed by atoms with Crippen molar-refractivity contribution in [2.45, 2.75) is 13.8 Å². The summed E-state index contributed by atoms with van der Waals surface area (Å²) in [6, 6.07) is 15.0. The van der Waals surface area contributed by atoms with E-state index in [1.165, 1.54) is 15.6 Å². The zero-order chi connectivity index (χ0) is 12.0. The molecule has 2 aromatic carbocycles. The molecule has 0 radical (unpaired) electrons. The van der Waals surface area contributed by atoms with Gasteiger partial charge in [0.25, 0.3) is 0 Å². The summed E-state index contributed by atoms with van der Waals surface area (Å²) >= 11 is 3.48. The molecule has 0 amide bonds. The summed E-state index contributed by atoms with van der Waals surface area (Å²) in [4.78, 5) is 0. The van der Waals surface area contributed by atoms with Crippen molar-refractivity contribution in [1.82, 2.24) is 0 Å². The van der Waals surface area contributed by atoms with Gasteiger partial charge in [-0.25, -0.2) is 0 Å². The normalized spacial score (nSPS) is 9.19. The summed E-state index contributed by atoms with van der Waals surface area (Å²) < 4.78 is 1.23. The van der Waals surface area contributed by atoms with Crippen LogP contribution < -0.4 is 0 Å². The van der Waals surface area contributed by atoms with Crippen LogP contribution in [0.1, 0.15) is 11.1 Å². The number of halogens is 1. The lowest BCUT2D eigenvalue weighted by Crippen LogP contribution is -1.77. The molecule has 2 aromatic rings. The lowest BCUT2D eigenvalue weighted by Gasteiger charge is -1.98. The molecule has 2 rings (SSSR count). The molecule has 0 bridgehead atoms. The number of rotatable bonds is 0. The molecule has 84 valence electrons. The topological polar surface area (TPSA) is 20.2 Å². The van der Waals surface area contributed by atoms with Gasteiger partial charge in [0.1, 0.15) is 5.75 Å². The van der Waals surface area contributed by atoms with E-state index in [1.54, 1.807) is 24.3 Å². The Morgan fingerprint density at radius 1 is 0.812 bits per heavy atom. The van der Waals surface area contributed by atoms with Gasteiger partial charge < -0.3 is 5.11 Å². The molecule has 0 atom stereocenters. The summed E-state index contributed by atoms with van der Waals surface area (Å²) in [6.07, 6.45) is 0. The quantitative estimate of drug-likeness (QED) is 0.755. The van der Waals surface area contributed by atoms with Crippen molar-refractivity contribution in [2.75, 3.05) is 0 Å². The van der Waals surface area contributed by atoms with E-state index in [1.807, 2.05) is 6.07 Å². The Morgan fingerprint density at radius 2 is 1.31 bits per heavy atom. The third kappa shape index (κ3) is 4.07. The molecule has 0 spiro atoms. The van der Waals surface area contributed by atoms with Gasteiger partial charge in [0.2, 0.25) is 0 Å². The number of aryl methyl sites for hydroxylation is 2. The molecule has 0 aliphatic rings. The van der Waals surface area contributed by atoms with Crippen LogP contribution in [0.25, 0.3) is 0 Å². The highest BCUT2D eigenvalue weighted by atomic mass is 79.9. The fourth-order valence-electron chi connectivity index (χ4n) is 1.22. The summed E-state index contributed by atoms with van der Waals surface area (Å²) in [7, 11) is 0. The first-order valence-corrected chi connectivity index (χ1v) is 5.86. The van der Waals surface area contributed by atoms with Gasteiger partial charge in [-0.15, -0.1) is 0 Å². The van der Waals surface area contributed by atoms with E-state index >= 15 is 0 Å². The van der Waals surface area contributed by atoms with E-state index in [-0.39, 0.29) is 0 Å². The van der Waals surface area contributed by atoms with Crippen LogP contribution in [0.4, 0.5) is 0 Å². The van der Waals surface area contributed by atoms with Crippen LogP contribution in [0.2, 0.25) is 0 Å². The molecule has 0 aliphatic carbocycles. The first-order valence-electron chi connectivity index (χ1n) is 5.07. The van der Waals surface area contributed by atoms with Gasteiger partial charge in [-0.3, -0.25) is 0 Å². The average Bonchev–Trinajstić information content (AvgIpc) is 2.28. The predicted molar refractivity (Wildman–Crippen MR) is 71.7 cm³/mol. The van der Waals surface area contributed by atoms with Gasteiger partial charge in [-0.2, -0.15) is 0 Å². The van der Waals surface area contributed by atoms with Gasteiger partial charge in [0, 0.05) is 4.47 Å². The maximum Gasteiger partial charge on any atom is 0.115 e. The van der Waals surface area contributed by atoms with E-state index in [9.17, 15) is 0 Å². The van der Waals surface area contributed by atoms with Crippen molar-refractivity contribution < 1.29 is 5.11 Å². The second-order valence-electron chi connectivity index (χ2n) is 3.54. The molecule has 0 saturated heterocycles. The molecule has 0 fully saturated rings. The first kappa shape index (κ1) is 12.8. The highest BCUT2D eigenvalue weighted by Crippen LogP contribution is 2.19. The molecule has 0 unspecified atom stereocenters. The van der Waals surface area contributed by atoms with Crippen molar-refractivity contribution in [1.29, 1.82) is 0 Å². The lowest BCUT2D eigenvalue weighted by atomic mass is 10.2. The SMILES string of the molecule is Cc1cccc(C)c1Br.Oc1ccccc1. The number of hydrogen-bond donors (Lipinski definition) is 1. The largest absolute Gasteiger partial charge is 0.508 e. The average molecular weight is 279 g/mol. The molecule has 0 heterocycles. The van der Waals surface area contributed by atoms with Gasteiger partial charge in [0.15, 0.2) is 0 Å². The van der Waals surface area contributed by atoms with Crippen molar-refractivity contribution in [2.24, 2.45) is 0 Å². The van der Waals surface area contributed by atoms with Crippen LogP contribution in [0, 0.1) is 13.8 Å². The molecule has 1 nitrogen and oxygen atoms in total. The molecule has 1 N–H and O–H groups in total. The standard InChI is InChI=1S/C8H9Br.C6H6O/c1-6-4-3-5-7(2)8(6)9;7-6-4-2-1-3-5-6/h3-5H,1-2H3;1-5,7H. The van der Waals surface area contributed by atoms with E-state index in [0.29, 0.717) is 5.75 Å². The highest BCUT2D eigenvalue weighted by molar-refractivity contribution is 9.10. The number of phenols is 1. The van der Waals surface area contributed by atoms with E-state index in [0.717, 1.165) is 0 Å². The van der Waals surface area contributed by atoms with E-state index in [2.05, 4.69) is 48.0 Å². The van der Waals surface area contributed by atoms with Crippen molar-refractivity contribution in [3.05, 3.63) is 64.1 Å². The molecule has 0 aromatic heterocycles. The minimum atomic E-state index is 0.322. The Bertz CT molecular complexity index is 417. The van der Waals surface area contributed by atoms with Gasteiger partial charge in [0.05, 0.1) is 0 Å².